The lowest BCUT2D eigenvalue weighted by Crippen LogP contribution is -2.47. The molecule has 140 valence electrons. The van der Waals surface area contributed by atoms with Gasteiger partial charge in [0.2, 0.25) is 0 Å². The van der Waals surface area contributed by atoms with E-state index in [4.69, 9.17) is 4.43 Å². The Morgan fingerprint density at radius 2 is 1.80 bits per heavy atom. The van der Waals surface area contributed by atoms with Crippen LogP contribution in [0.2, 0.25) is 18.1 Å². The second-order valence-electron chi connectivity index (χ2n) is 9.34. The standard InChI is InChI=1S/C22H36O2Si/c1-9-16-22(5,6)20(24-25(7,8)21(2,3)4)15-14-18-12-10-11-13-19(18)17-23/h9,17,20H,1,10-13,16H2,2-8H3. The van der Waals surface area contributed by atoms with Gasteiger partial charge in [0.25, 0.3) is 0 Å². The summed E-state index contributed by atoms with van der Waals surface area (Å²) in [5.74, 6) is 6.73. The molecule has 3 heteroatoms. The zero-order valence-corrected chi connectivity index (χ0v) is 18.3. The van der Waals surface area contributed by atoms with Gasteiger partial charge in [-0.2, -0.15) is 0 Å². The lowest BCUT2D eigenvalue weighted by atomic mass is 9.83. The number of hydrogen-bond donors (Lipinski definition) is 0. The van der Waals surface area contributed by atoms with Crippen LogP contribution in [0.5, 0.6) is 0 Å². The van der Waals surface area contributed by atoms with E-state index in [1.165, 1.54) is 0 Å². The number of carbonyl (C=O) groups excluding carboxylic acids is 1. The fraction of sp³-hybridized carbons (Fsp3) is 0.682. The molecule has 0 amide bonds. The van der Waals surface area contributed by atoms with Gasteiger partial charge in [-0.1, -0.05) is 52.5 Å². The number of aldehydes is 1. The first kappa shape index (κ1) is 21.9. The van der Waals surface area contributed by atoms with Gasteiger partial charge in [-0.05, 0) is 50.2 Å². The minimum absolute atomic E-state index is 0.110. The summed E-state index contributed by atoms with van der Waals surface area (Å²) in [6.45, 7) is 19.6. The molecule has 1 aliphatic rings. The predicted molar refractivity (Wildman–Crippen MR) is 110 cm³/mol. The van der Waals surface area contributed by atoms with Gasteiger partial charge in [0.05, 0.1) is 0 Å². The van der Waals surface area contributed by atoms with Crippen molar-refractivity contribution in [1.29, 1.82) is 0 Å². The fourth-order valence-corrected chi connectivity index (χ4v) is 4.01. The van der Waals surface area contributed by atoms with Crippen molar-refractivity contribution in [2.45, 2.75) is 91.0 Å². The highest BCUT2D eigenvalue weighted by Gasteiger charge is 2.42. The summed E-state index contributed by atoms with van der Waals surface area (Å²) in [5.41, 5.74) is 1.78. The molecule has 0 N–H and O–H groups in total. The van der Waals surface area contributed by atoms with Crippen molar-refractivity contribution < 1.29 is 9.22 Å². The maximum Gasteiger partial charge on any atom is 0.193 e. The van der Waals surface area contributed by atoms with Gasteiger partial charge in [0.15, 0.2) is 8.32 Å². The van der Waals surface area contributed by atoms with Crippen LogP contribution in [-0.4, -0.2) is 20.7 Å². The van der Waals surface area contributed by atoms with Crippen molar-refractivity contribution in [3.05, 3.63) is 23.8 Å². The lowest BCUT2D eigenvalue weighted by molar-refractivity contribution is -0.105. The zero-order valence-electron chi connectivity index (χ0n) is 17.3. The van der Waals surface area contributed by atoms with Crippen molar-refractivity contribution in [2.75, 3.05) is 0 Å². The average Bonchev–Trinajstić information content (AvgIpc) is 2.50. The quantitative estimate of drug-likeness (QED) is 0.249. The van der Waals surface area contributed by atoms with E-state index in [1.807, 2.05) is 6.08 Å². The van der Waals surface area contributed by atoms with Crippen LogP contribution in [0.15, 0.2) is 23.8 Å². The molecule has 0 spiro atoms. The third-order valence-corrected chi connectivity index (χ3v) is 10.0. The highest BCUT2D eigenvalue weighted by Crippen LogP contribution is 2.40. The van der Waals surface area contributed by atoms with E-state index in [0.717, 1.165) is 49.5 Å². The van der Waals surface area contributed by atoms with Crippen LogP contribution in [0.4, 0.5) is 0 Å². The molecular formula is C22H36O2Si. The number of carbonyl (C=O) groups is 1. The Balaban J connectivity index is 3.21. The first-order chi connectivity index (χ1) is 11.4. The Bertz CT molecular complexity index is 579. The maximum atomic E-state index is 11.3. The second kappa shape index (κ2) is 8.51. The molecule has 1 aliphatic carbocycles. The molecule has 0 bridgehead atoms. The highest BCUT2D eigenvalue weighted by molar-refractivity contribution is 6.74. The molecule has 0 radical (unpaired) electrons. The molecule has 1 atom stereocenters. The molecule has 0 saturated heterocycles. The molecule has 0 aromatic carbocycles. The number of rotatable bonds is 6. The number of allylic oxidation sites excluding steroid dienone is 3. The van der Waals surface area contributed by atoms with Crippen LogP contribution in [0.3, 0.4) is 0 Å². The maximum absolute atomic E-state index is 11.3. The molecule has 1 unspecified atom stereocenters. The third kappa shape index (κ3) is 5.97. The summed E-state index contributed by atoms with van der Waals surface area (Å²) in [6.07, 6.45) is 7.60. The van der Waals surface area contributed by atoms with Gasteiger partial charge >= 0.3 is 0 Å². The minimum atomic E-state index is -1.94. The van der Waals surface area contributed by atoms with Crippen LogP contribution in [0, 0.1) is 17.3 Å². The molecule has 0 aromatic rings. The van der Waals surface area contributed by atoms with Gasteiger partial charge in [-0.15, -0.1) is 6.58 Å². The van der Waals surface area contributed by atoms with Gasteiger partial charge < -0.3 is 4.43 Å². The molecule has 0 saturated carbocycles. The largest absolute Gasteiger partial charge is 0.403 e. The average molecular weight is 361 g/mol. The first-order valence-corrected chi connectivity index (χ1v) is 12.3. The fourth-order valence-electron chi connectivity index (χ4n) is 2.69. The molecule has 0 aromatic heterocycles. The van der Waals surface area contributed by atoms with Gasteiger partial charge in [0, 0.05) is 16.6 Å². The molecule has 2 nitrogen and oxygen atoms in total. The Kier molecular flexibility index (Phi) is 7.47. The molecule has 0 aliphatic heterocycles. The van der Waals surface area contributed by atoms with Crippen molar-refractivity contribution >= 4 is 14.6 Å². The first-order valence-electron chi connectivity index (χ1n) is 9.42. The van der Waals surface area contributed by atoms with Crippen LogP contribution in [0.1, 0.15) is 66.7 Å². The topological polar surface area (TPSA) is 26.3 Å². The van der Waals surface area contributed by atoms with E-state index >= 15 is 0 Å². The Morgan fingerprint density at radius 3 is 2.32 bits per heavy atom. The third-order valence-electron chi connectivity index (χ3n) is 5.61. The van der Waals surface area contributed by atoms with Crippen LogP contribution >= 0.6 is 0 Å². The summed E-state index contributed by atoms with van der Waals surface area (Å²) in [6, 6.07) is 0. The molecule has 0 fully saturated rings. The lowest BCUT2D eigenvalue weighted by Gasteiger charge is -2.42. The monoisotopic (exact) mass is 360 g/mol. The molecular weight excluding hydrogens is 324 g/mol. The summed E-state index contributed by atoms with van der Waals surface area (Å²) in [7, 11) is -1.94. The van der Waals surface area contributed by atoms with E-state index in [-0.39, 0.29) is 16.6 Å². The summed E-state index contributed by atoms with van der Waals surface area (Å²) in [4.78, 5) is 11.3. The molecule has 25 heavy (non-hydrogen) atoms. The van der Waals surface area contributed by atoms with Gasteiger partial charge in [-0.25, -0.2) is 0 Å². The van der Waals surface area contributed by atoms with Crippen molar-refractivity contribution in [2.24, 2.45) is 5.41 Å². The van der Waals surface area contributed by atoms with E-state index in [9.17, 15) is 4.79 Å². The van der Waals surface area contributed by atoms with Gasteiger partial charge in [-0.3, -0.25) is 4.79 Å². The summed E-state index contributed by atoms with van der Waals surface area (Å²) < 4.78 is 6.69. The van der Waals surface area contributed by atoms with Crippen LogP contribution in [-0.2, 0) is 9.22 Å². The van der Waals surface area contributed by atoms with Crippen LogP contribution in [0.25, 0.3) is 0 Å². The molecule has 1 rings (SSSR count). The van der Waals surface area contributed by atoms with Crippen molar-refractivity contribution in [1.82, 2.24) is 0 Å². The van der Waals surface area contributed by atoms with Crippen molar-refractivity contribution in [3.8, 4) is 11.8 Å². The Hall–Kier alpha value is -1.11. The van der Waals surface area contributed by atoms with E-state index in [0.29, 0.717) is 0 Å². The SMILES string of the molecule is C=CCC(C)(C)C(C#CC1=C(C=O)CCCC1)O[Si](C)(C)C(C)(C)C. The van der Waals surface area contributed by atoms with E-state index in [1.54, 1.807) is 0 Å². The number of hydrogen-bond acceptors (Lipinski definition) is 2. The second-order valence-corrected chi connectivity index (χ2v) is 14.1. The van der Waals surface area contributed by atoms with Crippen LogP contribution < -0.4 is 0 Å². The zero-order chi connectivity index (χ0) is 19.3. The normalized spacial score (nSPS) is 17.6. The minimum Gasteiger partial charge on any atom is -0.403 e. The Labute approximate surface area is 156 Å². The molecule has 0 heterocycles. The highest BCUT2D eigenvalue weighted by atomic mass is 28.4. The van der Waals surface area contributed by atoms with E-state index < -0.39 is 8.32 Å². The predicted octanol–water partition coefficient (Wildman–Crippen LogP) is 6.05. The van der Waals surface area contributed by atoms with E-state index in [2.05, 4.69) is 66.1 Å². The smallest absolute Gasteiger partial charge is 0.193 e. The van der Waals surface area contributed by atoms with Gasteiger partial charge in [0.1, 0.15) is 12.4 Å². The summed E-state index contributed by atoms with van der Waals surface area (Å²) in [5, 5.41) is 0.134. The van der Waals surface area contributed by atoms with Crippen molar-refractivity contribution in [3.63, 3.8) is 0 Å². The Morgan fingerprint density at radius 1 is 1.20 bits per heavy atom. The summed E-state index contributed by atoms with van der Waals surface area (Å²) >= 11 is 0.